The van der Waals surface area contributed by atoms with Crippen LogP contribution in [-0.2, 0) is 6.42 Å². The first-order valence-corrected chi connectivity index (χ1v) is 8.76. The monoisotopic (exact) mass is 357 g/mol. The lowest BCUT2D eigenvalue weighted by atomic mass is 10.1. The van der Waals surface area contributed by atoms with Gasteiger partial charge in [0.05, 0.1) is 0 Å². The SMILES string of the molecule is O=C1C(Cc2ccc(O)cc2)Nc2cnc(-c3c[nH]c4ccccc34)c[n+]21. The number of phenols is 1. The summed E-state index contributed by atoms with van der Waals surface area (Å²) in [5.74, 6) is 0.892. The lowest BCUT2D eigenvalue weighted by Crippen LogP contribution is -2.43. The van der Waals surface area contributed by atoms with Gasteiger partial charge in [-0.2, -0.15) is 4.57 Å². The average molecular weight is 357 g/mol. The van der Waals surface area contributed by atoms with Gasteiger partial charge >= 0.3 is 11.7 Å². The highest BCUT2D eigenvalue weighted by Gasteiger charge is 2.38. The fraction of sp³-hybridized carbons (Fsp3) is 0.0952. The lowest BCUT2D eigenvalue weighted by Gasteiger charge is -2.03. The van der Waals surface area contributed by atoms with Crippen LogP contribution in [0.25, 0.3) is 22.2 Å². The molecule has 0 amide bonds. The normalized spacial score (nSPS) is 15.7. The van der Waals surface area contributed by atoms with Crippen molar-refractivity contribution in [3.63, 3.8) is 0 Å². The number of hydrogen-bond donors (Lipinski definition) is 3. The number of carbonyl (C=O) groups excluding carboxylic acids is 1. The summed E-state index contributed by atoms with van der Waals surface area (Å²) in [4.78, 5) is 20.7. The van der Waals surface area contributed by atoms with Gasteiger partial charge in [-0.25, -0.2) is 9.78 Å². The number of aromatic hydroxyl groups is 1. The van der Waals surface area contributed by atoms with E-state index >= 15 is 0 Å². The summed E-state index contributed by atoms with van der Waals surface area (Å²) in [6.07, 6.45) is 5.95. The van der Waals surface area contributed by atoms with Crippen molar-refractivity contribution in [3.05, 3.63) is 72.7 Å². The number of carbonyl (C=O) groups is 1. The Morgan fingerprint density at radius 3 is 2.78 bits per heavy atom. The van der Waals surface area contributed by atoms with Crippen molar-refractivity contribution in [1.82, 2.24) is 9.97 Å². The molecule has 1 aliphatic heterocycles. The molecule has 0 bridgehead atoms. The van der Waals surface area contributed by atoms with E-state index in [0.29, 0.717) is 12.2 Å². The maximum atomic E-state index is 12.9. The first-order valence-electron chi connectivity index (χ1n) is 8.76. The quantitative estimate of drug-likeness (QED) is 0.493. The molecule has 0 radical (unpaired) electrons. The number of fused-ring (bicyclic) bond motifs is 2. The predicted molar refractivity (Wildman–Crippen MR) is 102 cm³/mol. The Labute approximate surface area is 155 Å². The predicted octanol–water partition coefficient (Wildman–Crippen LogP) is 2.90. The molecule has 1 aliphatic rings. The summed E-state index contributed by atoms with van der Waals surface area (Å²) < 4.78 is 1.63. The van der Waals surface area contributed by atoms with Crippen molar-refractivity contribution < 1.29 is 14.5 Å². The van der Waals surface area contributed by atoms with E-state index in [1.807, 2.05) is 42.6 Å². The topological polar surface area (TPSA) is 81.9 Å². The highest BCUT2D eigenvalue weighted by Crippen LogP contribution is 2.27. The van der Waals surface area contributed by atoms with E-state index in [2.05, 4.69) is 15.3 Å². The van der Waals surface area contributed by atoms with E-state index in [0.717, 1.165) is 27.7 Å². The van der Waals surface area contributed by atoms with Crippen LogP contribution in [-0.4, -0.2) is 27.0 Å². The van der Waals surface area contributed by atoms with Gasteiger partial charge < -0.3 is 10.1 Å². The Kier molecular flexibility index (Phi) is 3.43. The maximum Gasteiger partial charge on any atom is 0.359 e. The molecule has 5 rings (SSSR count). The number of phenolic OH excluding ortho intramolecular Hbond substituents is 1. The molecule has 6 nitrogen and oxygen atoms in total. The molecule has 2 aromatic heterocycles. The molecular weight excluding hydrogens is 340 g/mol. The molecule has 27 heavy (non-hydrogen) atoms. The summed E-state index contributed by atoms with van der Waals surface area (Å²) >= 11 is 0. The molecule has 3 N–H and O–H groups in total. The molecule has 0 aliphatic carbocycles. The fourth-order valence-electron chi connectivity index (χ4n) is 3.54. The third kappa shape index (κ3) is 2.62. The lowest BCUT2D eigenvalue weighted by molar-refractivity contribution is -0.552. The number of aromatic nitrogens is 3. The molecule has 3 heterocycles. The standard InChI is InChI=1S/C21H16N4O2/c26-14-7-5-13(6-8-14)9-18-21(27)25-12-19(23-11-20(25)24-18)16-10-22-17-4-2-1-3-15(16)17/h1-8,10-12,18,22,26H,9H2/p+1. The highest BCUT2D eigenvalue weighted by molar-refractivity contribution is 5.94. The smallest absolute Gasteiger partial charge is 0.359 e. The number of benzene rings is 2. The molecule has 1 atom stereocenters. The van der Waals surface area contributed by atoms with Crippen molar-refractivity contribution in [2.45, 2.75) is 12.5 Å². The molecule has 4 aromatic rings. The Morgan fingerprint density at radius 2 is 1.93 bits per heavy atom. The van der Waals surface area contributed by atoms with Gasteiger partial charge in [-0.3, -0.25) is 5.32 Å². The zero-order valence-electron chi connectivity index (χ0n) is 14.4. The summed E-state index contributed by atoms with van der Waals surface area (Å²) in [5.41, 5.74) is 3.73. The van der Waals surface area contributed by atoms with Crippen molar-refractivity contribution >= 4 is 22.6 Å². The minimum Gasteiger partial charge on any atom is -0.508 e. The number of hydrogen-bond acceptors (Lipinski definition) is 4. The number of nitrogens with zero attached hydrogens (tertiary/aromatic N) is 2. The van der Waals surface area contributed by atoms with Crippen LogP contribution < -0.4 is 9.88 Å². The van der Waals surface area contributed by atoms with Gasteiger partial charge in [-0.1, -0.05) is 30.3 Å². The minimum absolute atomic E-state index is 0.0124. The van der Waals surface area contributed by atoms with Gasteiger partial charge in [0.15, 0.2) is 6.04 Å². The number of aromatic amines is 1. The van der Waals surface area contributed by atoms with Crippen LogP contribution >= 0.6 is 0 Å². The molecule has 132 valence electrons. The zero-order chi connectivity index (χ0) is 18.4. The van der Waals surface area contributed by atoms with Crippen molar-refractivity contribution in [1.29, 1.82) is 0 Å². The van der Waals surface area contributed by atoms with Gasteiger partial charge in [-0.15, -0.1) is 0 Å². The Morgan fingerprint density at radius 1 is 1.11 bits per heavy atom. The largest absolute Gasteiger partial charge is 0.508 e. The van der Waals surface area contributed by atoms with E-state index in [-0.39, 0.29) is 17.7 Å². The fourth-order valence-corrected chi connectivity index (χ4v) is 3.54. The second-order valence-corrected chi connectivity index (χ2v) is 6.68. The maximum absolute atomic E-state index is 12.9. The summed E-state index contributed by atoms with van der Waals surface area (Å²) in [7, 11) is 0. The minimum atomic E-state index is -0.352. The van der Waals surface area contributed by atoms with Gasteiger partial charge in [0.1, 0.15) is 23.8 Å². The molecular formula is C21H17N4O2+. The summed E-state index contributed by atoms with van der Waals surface area (Å²) in [6.45, 7) is 0. The van der Waals surface area contributed by atoms with Crippen LogP contribution in [0.2, 0.25) is 0 Å². The first kappa shape index (κ1) is 15.6. The van der Waals surface area contributed by atoms with Crippen molar-refractivity contribution in [2.75, 3.05) is 5.32 Å². The van der Waals surface area contributed by atoms with E-state index in [1.165, 1.54) is 0 Å². The molecule has 0 fully saturated rings. The van der Waals surface area contributed by atoms with Gasteiger partial charge in [0.25, 0.3) is 0 Å². The molecule has 0 saturated heterocycles. The average Bonchev–Trinajstić information content (AvgIpc) is 3.25. The van der Waals surface area contributed by atoms with Crippen LogP contribution in [0.1, 0.15) is 10.4 Å². The Hall–Kier alpha value is -3.67. The van der Waals surface area contributed by atoms with E-state index < -0.39 is 0 Å². The van der Waals surface area contributed by atoms with Gasteiger partial charge in [0, 0.05) is 29.1 Å². The summed E-state index contributed by atoms with van der Waals surface area (Å²) in [5, 5.41) is 13.7. The Bertz CT molecular complexity index is 1160. The first-order chi connectivity index (χ1) is 13.2. The van der Waals surface area contributed by atoms with E-state index in [9.17, 15) is 9.90 Å². The van der Waals surface area contributed by atoms with Crippen LogP contribution in [0.4, 0.5) is 5.82 Å². The van der Waals surface area contributed by atoms with E-state index in [1.54, 1.807) is 29.1 Å². The van der Waals surface area contributed by atoms with E-state index in [4.69, 9.17) is 0 Å². The van der Waals surface area contributed by atoms with Crippen LogP contribution in [0.3, 0.4) is 0 Å². The number of rotatable bonds is 3. The van der Waals surface area contributed by atoms with Crippen LogP contribution in [0.5, 0.6) is 5.75 Å². The van der Waals surface area contributed by atoms with Gasteiger partial charge in [0.2, 0.25) is 0 Å². The third-order valence-corrected chi connectivity index (χ3v) is 4.94. The van der Waals surface area contributed by atoms with Crippen molar-refractivity contribution in [2.24, 2.45) is 0 Å². The second kappa shape index (κ2) is 5.95. The van der Waals surface area contributed by atoms with Crippen LogP contribution in [0, 0.1) is 0 Å². The number of anilines is 1. The zero-order valence-corrected chi connectivity index (χ0v) is 14.4. The number of H-pyrrole nitrogens is 1. The van der Waals surface area contributed by atoms with Gasteiger partial charge in [-0.05, 0) is 23.8 Å². The van der Waals surface area contributed by atoms with Crippen molar-refractivity contribution in [3.8, 4) is 17.0 Å². The third-order valence-electron chi connectivity index (χ3n) is 4.94. The van der Waals surface area contributed by atoms with Crippen LogP contribution in [0.15, 0.2) is 67.1 Å². The molecule has 6 heteroatoms. The Balaban J connectivity index is 1.46. The molecule has 1 unspecified atom stereocenters. The number of para-hydroxylation sites is 1. The molecule has 2 aromatic carbocycles. The molecule has 0 saturated carbocycles. The second-order valence-electron chi connectivity index (χ2n) is 6.68. The summed E-state index contributed by atoms with van der Waals surface area (Å²) in [6, 6.07) is 14.6. The molecule has 0 spiro atoms. The highest BCUT2D eigenvalue weighted by atomic mass is 16.3. The number of nitrogens with one attached hydrogen (secondary N) is 2.